The van der Waals surface area contributed by atoms with Gasteiger partial charge in [-0.25, -0.2) is 0 Å². The molecule has 1 aliphatic heterocycles. The molecule has 1 N–H and O–H groups in total. The Kier molecular flexibility index (Phi) is 5.65. The monoisotopic (exact) mass is 300 g/mol. The second-order valence-electron chi connectivity index (χ2n) is 5.91. The summed E-state index contributed by atoms with van der Waals surface area (Å²) in [6.07, 6.45) is -1.86. The van der Waals surface area contributed by atoms with Gasteiger partial charge in [-0.2, -0.15) is 13.2 Å². The van der Waals surface area contributed by atoms with Crippen molar-refractivity contribution in [1.82, 2.24) is 10.2 Å². The Bertz CT molecular complexity index is 413. The fourth-order valence-electron chi connectivity index (χ4n) is 2.86. The molecule has 0 aromatic heterocycles. The van der Waals surface area contributed by atoms with Crippen LogP contribution in [0.3, 0.4) is 0 Å². The third-order valence-electron chi connectivity index (χ3n) is 3.90. The molecule has 1 aromatic carbocycles. The summed E-state index contributed by atoms with van der Waals surface area (Å²) in [5.41, 5.74) is 0.276. The SMILES string of the molecule is CC(CNC(c1ccccc1)C(F)(F)F)CN1CCCC1. The maximum absolute atomic E-state index is 13.2. The van der Waals surface area contributed by atoms with E-state index in [4.69, 9.17) is 0 Å². The van der Waals surface area contributed by atoms with Crippen LogP contribution in [0.1, 0.15) is 31.4 Å². The van der Waals surface area contributed by atoms with Crippen molar-refractivity contribution in [1.29, 1.82) is 0 Å². The van der Waals surface area contributed by atoms with Crippen LogP contribution in [0.4, 0.5) is 13.2 Å². The smallest absolute Gasteiger partial charge is 0.303 e. The number of hydrogen-bond donors (Lipinski definition) is 1. The molecule has 0 bridgehead atoms. The molecule has 0 spiro atoms. The fraction of sp³-hybridized carbons (Fsp3) is 0.625. The van der Waals surface area contributed by atoms with Gasteiger partial charge in [-0.3, -0.25) is 0 Å². The Morgan fingerprint density at radius 2 is 1.76 bits per heavy atom. The van der Waals surface area contributed by atoms with Crippen LogP contribution in [0.15, 0.2) is 30.3 Å². The number of nitrogens with zero attached hydrogens (tertiary/aromatic N) is 1. The van der Waals surface area contributed by atoms with Gasteiger partial charge in [-0.15, -0.1) is 0 Å². The zero-order chi connectivity index (χ0) is 15.3. The number of nitrogens with one attached hydrogen (secondary N) is 1. The first kappa shape index (κ1) is 16.3. The van der Waals surface area contributed by atoms with Gasteiger partial charge in [-0.05, 0) is 44.0 Å². The van der Waals surface area contributed by atoms with Crippen LogP contribution in [0.25, 0.3) is 0 Å². The summed E-state index contributed by atoms with van der Waals surface area (Å²) in [6.45, 7) is 5.39. The lowest BCUT2D eigenvalue weighted by Crippen LogP contribution is -2.39. The van der Waals surface area contributed by atoms with E-state index in [1.165, 1.54) is 25.0 Å². The summed E-state index contributed by atoms with van der Waals surface area (Å²) >= 11 is 0. The van der Waals surface area contributed by atoms with Gasteiger partial charge in [-0.1, -0.05) is 37.3 Å². The summed E-state index contributed by atoms with van der Waals surface area (Å²) in [6, 6.07) is 6.48. The minimum Gasteiger partial charge on any atom is -0.303 e. The van der Waals surface area contributed by atoms with Crippen LogP contribution in [0.2, 0.25) is 0 Å². The Morgan fingerprint density at radius 3 is 2.33 bits per heavy atom. The van der Waals surface area contributed by atoms with Crippen molar-refractivity contribution in [3.63, 3.8) is 0 Å². The third kappa shape index (κ3) is 5.00. The Morgan fingerprint density at radius 1 is 1.14 bits per heavy atom. The van der Waals surface area contributed by atoms with Gasteiger partial charge >= 0.3 is 6.18 Å². The molecule has 1 heterocycles. The molecule has 2 rings (SSSR count). The quantitative estimate of drug-likeness (QED) is 0.863. The Labute approximate surface area is 124 Å². The Balaban J connectivity index is 1.90. The van der Waals surface area contributed by atoms with Crippen molar-refractivity contribution in [3.05, 3.63) is 35.9 Å². The van der Waals surface area contributed by atoms with Crippen molar-refractivity contribution in [2.45, 2.75) is 32.0 Å². The van der Waals surface area contributed by atoms with Crippen LogP contribution < -0.4 is 5.32 Å². The highest BCUT2D eigenvalue weighted by atomic mass is 19.4. The molecule has 118 valence electrons. The van der Waals surface area contributed by atoms with E-state index in [0.717, 1.165) is 19.6 Å². The maximum atomic E-state index is 13.2. The van der Waals surface area contributed by atoms with Gasteiger partial charge in [0.15, 0.2) is 0 Å². The zero-order valence-corrected chi connectivity index (χ0v) is 12.4. The van der Waals surface area contributed by atoms with Gasteiger partial charge in [0.1, 0.15) is 6.04 Å². The normalized spacial score (nSPS) is 19.6. The number of rotatable bonds is 6. The van der Waals surface area contributed by atoms with Crippen LogP contribution in [-0.2, 0) is 0 Å². The molecule has 2 unspecified atom stereocenters. The van der Waals surface area contributed by atoms with Crippen LogP contribution in [0.5, 0.6) is 0 Å². The summed E-state index contributed by atoms with van der Waals surface area (Å²) in [7, 11) is 0. The Hall–Kier alpha value is -1.07. The van der Waals surface area contributed by atoms with E-state index in [9.17, 15) is 13.2 Å². The molecule has 1 aliphatic rings. The van der Waals surface area contributed by atoms with E-state index in [-0.39, 0.29) is 11.5 Å². The molecule has 0 aliphatic carbocycles. The topological polar surface area (TPSA) is 15.3 Å². The molecule has 0 radical (unpaired) electrons. The molecular formula is C16H23F3N2. The highest BCUT2D eigenvalue weighted by Crippen LogP contribution is 2.32. The molecule has 0 amide bonds. The molecule has 1 aromatic rings. The number of hydrogen-bond acceptors (Lipinski definition) is 2. The van der Waals surface area contributed by atoms with Crippen molar-refractivity contribution < 1.29 is 13.2 Å². The lowest BCUT2D eigenvalue weighted by atomic mass is 10.1. The van der Waals surface area contributed by atoms with Gasteiger partial charge in [0.25, 0.3) is 0 Å². The van der Waals surface area contributed by atoms with Gasteiger partial charge in [0.2, 0.25) is 0 Å². The molecule has 2 nitrogen and oxygen atoms in total. The van der Waals surface area contributed by atoms with E-state index in [0.29, 0.717) is 6.54 Å². The first-order valence-electron chi connectivity index (χ1n) is 7.54. The third-order valence-corrected chi connectivity index (χ3v) is 3.90. The molecular weight excluding hydrogens is 277 g/mol. The summed E-state index contributed by atoms with van der Waals surface area (Å²) in [5, 5.41) is 2.70. The van der Waals surface area contributed by atoms with E-state index in [1.54, 1.807) is 18.2 Å². The van der Waals surface area contributed by atoms with Crippen molar-refractivity contribution in [3.8, 4) is 0 Å². The molecule has 1 fully saturated rings. The molecule has 1 saturated heterocycles. The molecule has 5 heteroatoms. The summed E-state index contributed by atoms with van der Waals surface area (Å²) < 4.78 is 39.6. The molecule has 21 heavy (non-hydrogen) atoms. The predicted octanol–water partition coefficient (Wildman–Crippen LogP) is 3.61. The highest BCUT2D eigenvalue weighted by molar-refractivity contribution is 5.20. The second-order valence-corrected chi connectivity index (χ2v) is 5.91. The van der Waals surface area contributed by atoms with Crippen molar-refractivity contribution in [2.75, 3.05) is 26.2 Å². The summed E-state index contributed by atoms with van der Waals surface area (Å²) in [4.78, 5) is 2.33. The average Bonchev–Trinajstić information content (AvgIpc) is 2.91. The number of likely N-dealkylation sites (tertiary alicyclic amines) is 1. The van der Waals surface area contributed by atoms with Gasteiger partial charge in [0.05, 0.1) is 0 Å². The second kappa shape index (κ2) is 7.27. The minimum absolute atomic E-state index is 0.205. The van der Waals surface area contributed by atoms with Crippen LogP contribution >= 0.6 is 0 Å². The summed E-state index contributed by atoms with van der Waals surface area (Å²) in [5.74, 6) is 0.205. The lowest BCUT2D eigenvalue weighted by Gasteiger charge is -2.26. The first-order valence-corrected chi connectivity index (χ1v) is 7.54. The van der Waals surface area contributed by atoms with Crippen LogP contribution in [-0.4, -0.2) is 37.3 Å². The minimum atomic E-state index is -4.27. The fourth-order valence-corrected chi connectivity index (χ4v) is 2.86. The van der Waals surface area contributed by atoms with Gasteiger partial charge < -0.3 is 10.2 Å². The van der Waals surface area contributed by atoms with E-state index >= 15 is 0 Å². The number of halogens is 3. The molecule has 2 atom stereocenters. The van der Waals surface area contributed by atoms with Crippen molar-refractivity contribution in [2.24, 2.45) is 5.92 Å². The van der Waals surface area contributed by atoms with E-state index in [1.807, 2.05) is 6.92 Å². The van der Waals surface area contributed by atoms with Gasteiger partial charge in [0, 0.05) is 6.54 Å². The number of benzene rings is 1. The first-order chi connectivity index (χ1) is 9.97. The zero-order valence-electron chi connectivity index (χ0n) is 12.4. The number of alkyl halides is 3. The lowest BCUT2D eigenvalue weighted by molar-refractivity contribution is -0.158. The highest BCUT2D eigenvalue weighted by Gasteiger charge is 2.40. The van der Waals surface area contributed by atoms with Crippen LogP contribution in [0, 0.1) is 5.92 Å². The molecule has 0 saturated carbocycles. The standard InChI is InChI=1S/C16H23F3N2/c1-13(12-21-9-5-6-10-21)11-20-15(16(17,18)19)14-7-3-2-4-8-14/h2-4,7-8,13,15,20H,5-6,9-12H2,1H3. The largest absolute Gasteiger partial charge is 0.407 e. The maximum Gasteiger partial charge on any atom is 0.407 e. The predicted molar refractivity (Wildman–Crippen MR) is 78.1 cm³/mol. The van der Waals surface area contributed by atoms with E-state index < -0.39 is 12.2 Å². The average molecular weight is 300 g/mol. The van der Waals surface area contributed by atoms with E-state index in [2.05, 4.69) is 10.2 Å². The van der Waals surface area contributed by atoms with Crippen molar-refractivity contribution >= 4 is 0 Å².